The molecule has 2 aliphatic rings. The molecule has 146 valence electrons. The summed E-state index contributed by atoms with van der Waals surface area (Å²) in [6, 6.07) is 15.5. The molecule has 0 radical (unpaired) electrons. The first-order chi connectivity index (χ1) is 14.1. The zero-order chi connectivity index (χ0) is 20.0. The van der Waals surface area contributed by atoms with Crippen LogP contribution in [0.1, 0.15) is 36.2 Å². The Morgan fingerprint density at radius 1 is 1.10 bits per heavy atom. The van der Waals surface area contributed by atoms with Crippen molar-refractivity contribution >= 4 is 11.6 Å². The molecule has 1 amide bonds. The smallest absolute Gasteiger partial charge is 0.240 e. The van der Waals surface area contributed by atoms with Gasteiger partial charge < -0.3 is 9.47 Å². The molecule has 1 aromatic heterocycles. The Kier molecular flexibility index (Phi) is 4.08. The number of hydrazone groups is 1. The predicted octanol–water partition coefficient (Wildman–Crippen LogP) is 3.61. The predicted molar refractivity (Wildman–Crippen MR) is 107 cm³/mol. The first kappa shape index (κ1) is 17.5. The number of aromatic nitrogens is 2. The number of nitrogens with zero attached hydrogens (tertiary/aromatic N) is 4. The second-order valence-corrected chi connectivity index (χ2v) is 7.13. The van der Waals surface area contributed by atoms with Crippen molar-refractivity contribution in [3.63, 3.8) is 0 Å². The van der Waals surface area contributed by atoms with Crippen LogP contribution in [0.3, 0.4) is 0 Å². The van der Waals surface area contributed by atoms with Crippen LogP contribution >= 0.6 is 0 Å². The largest absolute Gasteiger partial charge is 0.454 e. The van der Waals surface area contributed by atoms with Crippen molar-refractivity contribution in [3.05, 3.63) is 71.5 Å². The standard InChI is InChI=1S/C22H20N4O3/c1-14-18(12-23-25(14)17-6-4-3-5-7-17)20-11-19(24-26(20)15(2)27)16-8-9-21-22(10-16)29-13-28-21/h3-10,12,20H,11,13H2,1-2H3. The van der Waals surface area contributed by atoms with Gasteiger partial charge >= 0.3 is 0 Å². The van der Waals surface area contributed by atoms with Crippen LogP contribution in [0.15, 0.2) is 59.8 Å². The highest BCUT2D eigenvalue weighted by molar-refractivity contribution is 6.03. The Labute approximate surface area is 168 Å². The molecule has 3 heterocycles. The van der Waals surface area contributed by atoms with E-state index in [0.717, 1.165) is 34.0 Å². The van der Waals surface area contributed by atoms with Gasteiger partial charge in [-0.05, 0) is 37.3 Å². The van der Waals surface area contributed by atoms with Crippen LogP contribution < -0.4 is 9.47 Å². The molecule has 0 saturated heterocycles. The molecule has 7 heteroatoms. The average molecular weight is 388 g/mol. The minimum Gasteiger partial charge on any atom is -0.454 e. The Balaban J connectivity index is 1.49. The van der Waals surface area contributed by atoms with E-state index < -0.39 is 0 Å². The second-order valence-electron chi connectivity index (χ2n) is 7.13. The molecule has 0 saturated carbocycles. The fourth-order valence-corrected chi connectivity index (χ4v) is 3.87. The van der Waals surface area contributed by atoms with Crippen LogP contribution in [0.25, 0.3) is 5.69 Å². The molecule has 0 N–H and O–H groups in total. The van der Waals surface area contributed by atoms with Gasteiger partial charge in [0.15, 0.2) is 11.5 Å². The molecule has 2 aromatic carbocycles. The summed E-state index contributed by atoms with van der Waals surface area (Å²) in [6.45, 7) is 3.79. The van der Waals surface area contributed by atoms with E-state index in [1.54, 1.807) is 5.01 Å². The van der Waals surface area contributed by atoms with Gasteiger partial charge in [0.2, 0.25) is 12.7 Å². The van der Waals surface area contributed by atoms with Gasteiger partial charge in [-0.15, -0.1) is 0 Å². The number of benzene rings is 2. The average Bonchev–Trinajstić information content (AvgIpc) is 3.45. The number of rotatable bonds is 3. The molecule has 0 spiro atoms. The summed E-state index contributed by atoms with van der Waals surface area (Å²) < 4.78 is 12.8. The summed E-state index contributed by atoms with van der Waals surface area (Å²) in [5.74, 6) is 1.33. The summed E-state index contributed by atoms with van der Waals surface area (Å²) in [4.78, 5) is 12.3. The molecular formula is C22H20N4O3. The van der Waals surface area contributed by atoms with Gasteiger partial charge in [-0.25, -0.2) is 9.69 Å². The van der Waals surface area contributed by atoms with Crippen molar-refractivity contribution in [2.24, 2.45) is 5.10 Å². The summed E-state index contributed by atoms with van der Waals surface area (Å²) >= 11 is 0. The van der Waals surface area contributed by atoms with Gasteiger partial charge in [0.05, 0.1) is 23.6 Å². The van der Waals surface area contributed by atoms with Gasteiger partial charge in [0, 0.05) is 30.2 Å². The zero-order valence-electron chi connectivity index (χ0n) is 16.2. The minimum atomic E-state index is -0.189. The van der Waals surface area contributed by atoms with Gasteiger partial charge in [0.1, 0.15) is 0 Å². The molecule has 0 fully saturated rings. The SMILES string of the molecule is CC(=O)N1N=C(c2ccc3c(c2)OCO3)CC1c1cnn(-c2ccccc2)c1C. The molecule has 1 atom stereocenters. The number of carbonyl (C=O) groups is 1. The molecule has 29 heavy (non-hydrogen) atoms. The van der Waals surface area contributed by atoms with Crippen LogP contribution in [-0.4, -0.2) is 33.2 Å². The summed E-state index contributed by atoms with van der Waals surface area (Å²) in [5.41, 5.74) is 4.74. The second kappa shape index (κ2) is 6.77. The van der Waals surface area contributed by atoms with Crippen LogP contribution in [0.5, 0.6) is 11.5 Å². The molecule has 7 nitrogen and oxygen atoms in total. The van der Waals surface area contributed by atoms with Crippen molar-refractivity contribution in [2.75, 3.05) is 6.79 Å². The van der Waals surface area contributed by atoms with Gasteiger partial charge in [-0.2, -0.15) is 10.2 Å². The Morgan fingerprint density at radius 2 is 1.90 bits per heavy atom. The highest BCUT2D eigenvalue weighted by Crippen LogP contribution is 2.38. The molecule has 1 unspecified atom stereocenters. The number of amides is 1. The highest BCUT2D eigenvalue weighted by Gasteiger charge is 2.34. The van der Waals surface area contributed by atoms with Gasteiger partial charge in [-0.1, -0.05) is 18.2 Å². The molecular weight excluding hydrogens is 368 g/mol. The van der Waals surface area contributed by atoms with E-state index in [1.807, 2.05) is 66.3 Å². The van der Waals surface area contributed by atoms with Crippen molar-refractivity contribution in [3.8, 4) is 17.2 Å². The quantitative estimate of drug-likeness (QED) is 0.687. The molecule has 3 aromatic rings. The van der Waals surface area contributed by atoms with Crippen molar-refractivity contribution in [2.45, 2.75) is 26.3 Å². The molecule has 5 rings (SSSR count). The number of hydrogen-bond acceptors (Lipinski definition) is 5. The Morgan fingerprint density at radius 3 is 2.69 bits per heavy atom. The minimum absolute atomic E-state index is 0.0994. The lowest BCUT2D eigenvalue weighted by Gasteiger charge is -2.20. The fourth-order valence-electron chi connectivity index (χ4n) is 3.87. The third-order valence-electron chi connectivity index (χ3n) is 5.35. The number of para-hydroxylation sites is 1. The van der Waals surface area contributed by atoms with Crippen molar-refractivity contribution < 1.29 is 14.3 Å². The molecule has 0 aliphatic carbocycles. The van der Waals surface area contributed by atoms with Crippen molar-refractivity contribution in [1.82, 2.24) is 14.8 Å². The van der Waals surface area contributed by atoms with Crippen LogP contribution in [-0.2, 0) is 4.79 Å². The maximum atomic E-state index is 12.3. The third kappa shape index (κ3) is 2.95. The van der Waals surface area contributed by atoms with E-state index in [0.29, 0.717) is 12.2 Å². The van der Waals surface area contributed by atoms with Gasteiger partial charge in [0.25, 0.3) is 0 Å². The van der Waals surface area contributed by atoms with E-state index in [4.69, 9.17) is 9.47 Å². The van der Waals surface area contributed by atoms with E-state index in [1.165, 1.54) is 6.92 Å². The lowest BCUT2D eigenvalue weighted by atomic mass is 9.98. The van der Waals surface area contributed by atoms with E-state index in [2.05, 4.69) is 10.2 Å². The first-order valence-electron chi connectivity index (χ1n) is 9.49. The molecule has 0 bridgehead atoms. The van der Waals surface area contributed by atoms with Crippen LogP contribution in [0.4, 0.5) is 0 Å². The Hall–Kier alpha value is -3.61. The normalized spacial score (nSPS) is 17.5. The van der Waals surface area contributed by atoms with E-state index in [9.17, 15) is 4.79 Å². The Bertz CT molecular complexity index is 1120. The zero-order valence-corrected chi connectivity index (χ0v) is 16.2. The number of hydrogen-bond donors (Lipinski definition) is 0. The van der Waals surface area contributed by atoms with Crippen molar-refractivity contribution in [1.29, 1.82) is 0 Å². The fraction of sp³-hybridized carbons (Fsp3) is 0.227. The van der Waals surface area contributed by atoms with Crippen LogP contribution in [0.2, 0.25) is 0 Å². The summed E-state index contributed by atoms with van der Waals surface area (Å²) in [7, 11) is 0. The maximum Gasteiger partial charge on any atom is 0.240 e. The maximum absolute atomic E-state index is 12.3. The van der Waals surface area contributed by atoms with E-state index >= 15 is 0 Å². The van der Waals surface area contributed by atoms with E-state index in [-0.39, 0.29) is 18.7 Å². The third-order valence-corrected chi connectivity index (χ3v) is 5.35. The topological polar surface area (TPSA) is 69.0 Å². The number of ether oxygens (including phenoxy) is 2. The highest BCUT2D eigenvalue weighted by atomic mass is 16.7. The lowest BCUT2D eigenvalue weighted by Crippen LogP contribution is -2.24. The summed E-state index contributed by atoms with van der Waals surface area (Å²) in [6.07, 6.45) is 2.45. The summed E-state index contributed by atoms with van der Waals surface area (Å²) in [5, 5.41) is 10.7. The number of fused-ring (bicyclic) bond motifs is 1. The van der Waals surface area contributed by atoms with Gasteiger partial charge in [-0.3, -0.25) is 4.79 Å². The number of carbonyl (C=O) groups excluding carboxylic acids is 1. The monoisotopic (exact) mass is 388 g/mol. The van der Waals surface area contributed by atoms with Crippen LogP contribution in [0, 0.1) is 6.92 Å². The molecule has 2 aliphatic heterocycles. The lowest BCUT2D eigenvalue weighted by molar-refractivity contribution is -0.130. The first-order valence-corrected chi connectivity index (χ1v) is 9.49.